The summed E-state index contributed by atoms with van der Waals surface area (Å²) in [6, 6.07) is 5.99. The Bertz CT molecular complexity index is 981. The Hall–Kier alpha value is -2.34. The van der Waals surface area contributed by atoms with Gasteiger partial charge in [0.25, 0.3) is 0 Å². The third kappa shape index (κ3) is 2.30. The Morgan fingerprint density at radius 1 is 1.35 bits per heavy atom. The van der Waals surface area contributed by atoms with Gasteiger partial charge in [0.05, 0.1) is 23.0 Å². The maximum Gasteiger partial charge on any atom is 0.166 e. The molecule has 23 heavy (non-hydrogen) atoms. The van der Waals surface area contributed by atoms with Crippen LogP contribution >= 0.6 is 11.3 Å². The van der Waals surface area contributed by atoms with Crippen molar-refractivity contribution in [3.8, 4) is 0 Å². The number of aryl methyl sites for hydroxylation is 3. The van der Waals surface area contributed by atoms with E-state index in [4.69, 9.17) is 14.5 Å². The van der Waals surface area contributed by atoms with Crippen molar-refractivity contribution < 1.29 is 4.42 Å². The molecule has 0 saturated heterocycles. The Morgan fingerprint density at radius 3 is 2.96 bits per heavy atom. The van der Waals surface area contributed by atoms with Crippen molar-refractivity contribution in [2.75, 3.05) is 5.32 Å². The fourth-order valence-electron chi connectivity index (χ4n) is 2.97. The summed E-state index contributed by atoms with van der Waals surface area (Å²) in [6.07, 6.45) is 1.69. The SMILES string of the molecule is CCn1nc(NCc2ccco2)c2sc3nc(C)cc(C)c3c21. The van der Waals surface area contributed by atoms with Gasteiger partial charge in [0.15, 0.2) is 5.82 Å². The Morgan fingerprint density at radius 2 is 2.22 bits per heavy atom. The summed E-state index contributed by atoms with van der Waals surface area (Å²) >= 11 is 1.70. The zero-order chi connectivity index (χ0) is 16.0. The number of rotatable bonds is 4. The lowest BCUT2D eigenvalue weighted by molar-refractivity contribution is 0.517. The van der Waals surface area contributed by atoms with Gasteiger partial charge in [-0.15, -0.1) is 11.3 Å². The molecule has 4 aromatic heterocycles. The molecule has 0 aliphatic heterocycles. The second-order valence-electron chi connectivity index (χ2n) is 5.64. The van der Waals surface area contributed by atoms with Gasteiger partial charge in [0.2, 0.25) is 0 Å². The average molecular weight is 326 g/mol. The van der Waals surface area contributed by atoms with Gasteiger partial charge in [-0.25, -0.2) is 4.98 Å². The van der Waals surface area contributed by atoms with E-state index in [1.54, 1.807) is 17.6 Å². The first-order valence-corrected chi connectivity index (χ1v) is 8.52. The number of nitrogens with zero attached hydrogens (tertiary/aromatic N) is 3. The van der Waals surface area contributed by atoms with Gasteiger partial charge in [0.1, 0.15) is 10.6 Å². The summed E-state index contributed by atoms with van der Waals surface area (Å²) in [5, 5.41) is 9.34. The van der Waals surface area contributed by atoms with E-state index in [-0.39, 0.29) is 0 Å². The molecule has 0 atom stereocenters. The minimum atomic E-state index is 0.627. The van der Waals surface area contributed by atoms with E-state index >= 15 is 0 Å². The number of anilines is 1. The summed E-state index contributed by atoms with van der Waals surface area (Å²) in [7, 11) is 0. The highest BCUT2D eigenvalue weighted by Crippen LogP contribution is 2.39. The van der Waals surface area contributed by atoms with Gasteiger partial charge in [-0.05, 0) is 44.5 Å². The van der Waals surface area contributed by atoms with E-state index < -0.39 is 0 Å². The molecule has 4 heterocycles. The van der Waals surface area contributed by atoms with Gasteiger partial charge in [0, 0.05) is 17.6 Å². The fraction of sp³-hybridized carbons (Fsp3) is 0.294. The monoisotopic (exact) mass is 326 g/mol. The lowest BCUT2D eigenvalue weighted by atomic mass is 10.1. The highest BCUT2D eigenvalue weighted by molar-refractivity contribution is 7.26. The number of aromatic nitrogens is 3. The topological polar surface area (TPSA) is 55.9 Å². The van der Waals surface area contributed by atoms with Crippen molar-refractivity contribution in [2.24, 2.45) is 0 Å². The van der Waals surface area contributed by atoms with Crippen LogP contribution in [0.4, 0.5) is 5.82 Å². The standard InChI is InChI=1S/C17H18N4OS/c1-4-21-14-13-10(2)8-11(3)19-17(13)23-15(14)16(20-21)18-9-12-6-5-7-22-12/h5-8H,4,9H2,1-3H3,(H,18,20). The van der Waals surface area contributed by atoms with Crippen LogP contribution in [0.3, 0.4) is 0 Å². The molecule has 6 heteroatoms. The molecule has 1 N–H and O–H groups in total. The lowest BCUT2D eigenvalue weighted by Crippen LogP contribution is -2.01. The molecule has 0 saturated carbocycles. The molecule has 0 aliphatic carbocycles. The quantitative estimate of drug-likeness (QED) is 0.600. The minimum Gasteiger partial charge on any atom is -0.467 e. The molecular weight excluding hydrogens is 308 g/mol. The second-order valence-corrected chi connectivity index (χ2v) is 6.64. The largest absolute Gasteiger partial charge is 0.467 e. The Kier molecular flexibility index (Phi) is 3.34. The van der Waals surface area contributed by atoms with Gasteiger partial charge >= 0.3 is 0 Å². The van der Waals surface area contributed by atoms with Crippen molar-refractivity contribution in [1.29, 1.82) is 0 Å². The highest BCUT2D eigenvalue weighted by atomic mass is 32.1. The third-order valence-electron chi connectivity index (χ3n) is 3.97. The molecule has 0 amide bonds. The first-order chi connectivity index (χ1) is 11.2. The molecule has 0 bridgehead atoms. The van der Waals surface area contributed by atoms with Crippen molar-refractivity contribution in [3.63, 3.8) is 0 Å². The Labute approximate surface area is 137 Å². The number of fused-ring (bicyclic) bond motifs is 3. The second kappa shape index (κ2) is 5.38. The predicted octanol–water partition coefficient (Wildman–Crippen LogP) is 4.49. The Balaban J connectivity index is 1.87. The summed E-state index contributed by atoms with van der Waals surface area (Å²) in [4.78, 5) is 5.79. The average Bonchev–Trinajstić information content (AvgIpc) is 3.20. The van der Waals surface area contributed by atoms with Crippen LogP contribution in [-0.2, 0) is 13.1 Å². The number of hydrogen-bond acceptors (Lipinski definition) is 5. The lowest BCUT2D eigenvalue weighted by Gasteiger charge is -2.02. The van der Waals surface area contributed by atoms with E-state index in [1.165, 1.54) is 16.5 Å². The van der Waals surface area contributed by atoms with Gasteiger partial charge < -0.3 is 9.73 Å². The van der Waals surface area contributed by atoms with Crippen LogP contribution in [0.5, 0.6) is 0 Å². The van der Waals surface area contributed by atoms with E-state index in [0.717, 1.165) is 33.3 Å². The summed E-state index contributed by atoms with van der Waals surface area (Å²) < 4.78 is 8.61. The van der Waals surface area contributed by atoms with Gasteiger partial charge in [-0.3, -0.25) is 4.68 Å². The zero-order valence-electron chi connectivity index (χ0n) is 13.4. The normalized spacial score (nSPS) is 11.6. The molecule has 0 radical (unpaired) electrons. The zero-order valence-corrected chi connectivity index (χ0v) is 14.2. The molecule has 5 nitrogen and oxygen atoms in total. The van der Waals surface area contributed by atoms with Crippen LogP contribution in [0.15, 0.2) is 28.9 Å². The van der Waals surface area contributed by atoms with Crippen LogP contribution in [0.25, 0.3) is 20.4 Å². The fourth-order valence-corrected chi connectivity index (χ4v) is 4.23. The van der Waals surface area contributed by atoms with Gasteiger partial charge in [-0.1, -0.05) is 0 Å². The predicted molar refractivity (Wildman–Crippen MR) is 94.1 cm³/mol. The summed E-state index contributed by atoms with van der Waals surface area (Å²) in [5.74, 6) is 1.80. The van der Waals surface area contributed by atoms with Crippen LogP contribution in [0.1, 0.15) is 23.9 Å². The van der Waals surface area contributed by atoms with Crippen molar-refractivity contribution >= 4 is 37.6 Å². The highest BCUT2D eigenvalue weighted by Gasteiger charge is 2.18. The van der Waals surface area contributed by atoms with Crippen LogP contribution in [-0.4, -0.2) is 14.8 Å². The van der Waals surface area contributed by atoms with Crippen molar-refractivity contribution in [2.45, 2.75) is 33.9 Å². The van der Waals surface area contributed by atoms with Gasteiger partial charge in [-0.2, -0.15) is 5.10 Å². The third-order valence-corrected chi connectivity index (χ3v) is 5.05. The molecule has 0 spiro atoms. The smallest absolute Gasteiger partial charge is 0.166 e. The number of nitrogens with one attached hydrogen (secondary N) is 1. The minimum absolute atomic E-state index is 0.627. The van der Waals surface area contributed by atoms with E-state index in [2.05, 4.69) is 29.9 Å². The van der Waals surface area contributed by atoms with E-state index in [1.807, 2.05) is 19.1 Å². The number of furan rings is 1. The molecule has 118 valence electrons. The number of thiophene rings is 1. The van der Waals surface area contributed by atoms with E-state index in [0.29, 0.717) is 6.54 Å². The maximum absolute atomic E-state index is 5.39. The first kappa shape index (κ1) is 14.3. The van der Waals surface area contributed by atoms with Crippen molar-refractivity contribution in [1.82, 2.24) is 14.8 Å². The van der Waals surface area contributed by atoms with Crippen molar-refractivity contribution in [3.05, 3.63) is 41.5 Å². The molecule has 0 unspecified atom stereocenters. The molecular formula is C17H18N4OS. The molecule has 4 rings (SSSR count). The molecule has 0 fully saturated rings. The number of pyridine rings is 1. The summed E-state index contributed by atoms with van der Waals surface area (Å²) in [6.45, 7) is 7.76. The maximum atomic E-state index is 5.39. The van der Waals surface area contributed by atoms with E-state index in [9.17, 15) is 0 Å². The number of hydrogen-bond donors (Lipinski definition) is 1. The molecule has 4 aromatic rings. The molecule has 0 aromatic carbocycles. The van der Waals surface area contributed by atoms with Crippen LogP contribution in [0, 0.1) is 13.8 Å². The first-order valence-electron chi connectivity index (χ1n) is 7.71. The van der Waals surface area contributed by atoms with Crippen LogP contribution < -0.4 is 5.32 Å². The molecule has 0 aliphatic rings. The van der Waals surface area contributed by atoms with Crippen LogP contribution in [0.2, 0.25) is 0 Å². The summed E-state index contributed by atoms with van der Waals surface area (Å²) in [5.41, 5.74) is 3.49.